The van der Waals surface area contributed by atoms with Crippen LogP contribution in [0, 0.1) is 6.92 Å². The molecule has 1 heterocycles. The summed E-state index contributed by atoms with van der Waals surface area (Å²) in [6, 6.07) is 5.93. The van der Waals surface area contributed by atoms with Crippen molar-refractivity contribution >= 4 is 11.3 Å². The van der Waals surface area contributed by atoms with E-state index in [0.717, 1.165) is 27.1 Å². The van der Waals surface area contributed by atoms with Gasteiger partial charge in [-0.2, -0.15) is 0 Å². The van der Waals surface area contributed by atoms with Gasteiger partial charge < -0.3 is 14.8 Å². The largest absolute Gasteiger partial charge is 0.497 e. The Morgan fingerprint density at radius 1 is 1.25 bits per heavy atom. The number of aryl methyl sites for hydroxylation is 1. The van der Waals surface area contributed by atoms with Crippen LogP contribution in [-0.4, -0.2) is 24.4 Å². The number of ether oxygens (including phenoxy) is 2. The number of rotatable bonds is 6. The third-order valence-electron chi connectivity index (χ3n) is 3.03. The average molecular weight is 293 g/mol. The number of methoxy groups -OCH3 is 2. The molecule has 2 aromatic rings. The second kappa shape index (κ2) is 6.67. The number of hydrogen-bond acceptors (Lipinski definition) is 6. The first-order valence-corrected chi connectivity index (χ1v) is 7.20. The van der Waals surface area contributed by atoms with Crippen molar-refractivity contribution in [1.29, 1.82) is 0 Å². The van der Waals surface area contributed by atoms with Crippen molar-refractivity contribution in [1.82, 2.24) is 15.5 Å². The molecule has 0 fully saturated rings. The standard InChI is InChI=1S/C14H19N3O2S/c1-9(15-8-14-17-16-10(2)20-14)12-7-11(18-3)5-6-13(12)19-4/h5-7,9,15H,8H2,1-4H3/t9-/m1/s1. The molecule has 0 saturated heterocycles. The SMILES string of the molecule is COc1ccc(OC)c([C@@H](C)NCc2nnc(C)s2)c1. The summed E-state index contributed by atoms with van der Waals surface area (Å²) in [6.45, 7) is 4.73. The van der Waals surface area contributed by atoms with Crippen molar-refractivity contribution in [2.45, 2.75) is 26.4 Å². The van der Waals surface area contributed by atoms with Gasteiger partial charge in [0.15, 0.2) is 0 Å². The molecular weight excluding hydrogens is 274 g/mol. The Morgan fingerprint density at radius 2 is 2.05 bits per heavy atom. The van der Waals surface area contributed by atoms with Crippen LogP contribution in [0.15, 0.2) is 18.2 Å². The van der Waals surface area contributed by atoms with Gasteiger partial charge in [0.1, 0.15) is 21.5 Å². The van der Waals surface area contributed by atoms with Gasteiger partial charge in [-0.3, -0.25) is 0 Å². The molecule has 0 aliphatic rings. The summed E-state index contributed by atoms with van der Waals surface area (Å²) in [5.74, 6) is 1.67. The minimum absolute atomic E-state index is 0.129. The molecule has 20 heavy (non-hydrogen) atoms. The molecule has 5 nitrogen and oxygen atoms in total. The van der Waals surface area contributed by atoms with Crippen molar-refractivity contribution in [3.8, 4) is 11.5 Å². The minimum atomic E-state index is 0.129. The molecule has 0 spiro atoms. The van der Waals surface area contributed by atoms with Crippen LogP contribution in [0.5, 0.6) is 11.5 Å². The summed E-state index contributed by atoms with van der Waals surface area (Å²) in [5.41, 5.74) is 1.06. The van der Waals surface area contributed by atoms with Gasteiger partial charge in [0.2, 0.25) is 0 Å². The predicted molar refractivity (Wildman–Crippen MR) is 79.4 cm³/mol. The second-order valence-electron chi connectivity index (χ2n) is 4.43. The lowest BCUT2D eigenvalue weighted by molar-refractivity contribution is 0.391. The Bertz CT molecular complexity index is 571. The van der Waals surface area contributed by atoms with Crippen LogP contribution in [-0.2, 0) is 6.54 Å². The van der Waals surface area contributed by atoms with Crippen molar-refractivity contribution in [2.24, 2.45) is 0 Å². The van der Waals surface area contributed by atoms with E-state index < -0.39 is 0 Å². The predicted octanol–water partition coefficient (Wildman–Crippen LogP) is 2.71. The quantitative estimate of drug-likeness (QED) is 0.887. The summed E-state index contributed by atoms with van der Waals surface area (Å²) in [4.78, 5) is 0. The summed E-state index contributed by atoms with van der Waals surface area (Å²) in [6.07, 6.45) is 0. The number of benzene rings is 1. The molecule has 1 aromatic carbocycles. The second-order valence-corrected chi connectivity index (χ2v) is 5.69. The lowest BCUT2D eigenvalue weighted by Crippen LogP contribution is -2.18. The summed E-state index contributed by atoms with van der Waals surface area (Å²) in [7, 11) is 3.33. The van der Waals surface area contributed by atoms with E-state index in [1.807, 2.05) is 25.1 Å². The van der Waals surface area contributed by atoms with E-state index in [2.05, 4.69) is 22.4 Å². The third kappa shape index (κ3) is 3.46. The normalized spacial score (nSPS) is 12.2. The maximum atomic E-state index is 5.40. The van der Waals surface area contributed by atoms with Crippen LogP contribution in [0.1, 0.15) is 28.5 Å². The van der Waals surface area contributed by atoms with Gasteiger partial charge in [0, 0.05) is 11.6 Å². The topological polar surface area (TPSA) is 56.3 Å². The van der Waals surface area contributed by atoms with Crippen LogP contribution >= 0.6 is 11.3 Å². The maximum Gasteiger partial charge on any atom is 0.131 e. The Balaban J connectivity index is 2.09. The molecule has 108 valence electrons. The van der Waals surface area contributed by atoms with Crippen molar-refractivity contribution < 1.29 is 9.47 Å². The van der Waals surface area contributed by atoms with Gasteiger partial charge in [-0.05, 0) is 32.0 Å². The number of nitrogens with zero attached hydrogens (tertiary/aromatic N) is 2. The van der Waals surface area contributed by atoms with Crippen LogP contribution < -0.4 is 14.8 Å². The van der Waals surface area contributed by atoms with Crippen molar-refractivity contribution in [3.05, 3.63) is 33.8 Å². The Kier molecular flexibility index (Phi) is 4.92. The minimum Gasteiger partial charge on any atom is -0.497 e. The maximum absolute atomic E-state index is 5.40. The van der Waals surface area contributed by atoms with Gasteiger partial charge >= 0.3 is 0 Å². The first-order chi connectivity index (χ1) is 9.63. The first kappa shape index (κ1) is 14.7. The third-order valence-corrected chi connectivity index (χ3v) is 3.87. The molecule has 0 aliphatic heterocycles. The van der Waals surface area contributed by atoms with Crippen molar-refractivity contribution in [2.75, 3.05) is 14.2 Å². The Hall–Kier alpha value is -1.66. The van der Waals surface area contributed by atoms with E-state index in [9.17, 15) is 0 Å². The summed E-state index contributed by atoms with van der Waals surface area (Å²) < 4.78 is 10.7. The van der Waals surface area contributed by atoms with Crippen molar-refractivity contribution in [3.63, 3.8) is 0 Å². The highest BCUT2D eigenvalue weighted by Gasteiger charge is 2.13. The fraction of sp³-hybridized carbons (Fsp3) is 0.429. The van der Waals surface area contributed by atoms with E-state index in [-0.39, 0.29) is 6.04 Å². The van der Waals surface area contributed by atoms with E-state index in [0.29, 0.717) is 6.54 Å². The highest BCUT2D eigenvalue weighted by molar-refractivity contribution is 7.11. The van der Waals surface area contributed by atoms with Gasteiger partial charge in [-0.1, -0.05) is 0 Å². The first-order valence-electron chi connectivity index (χ1n) is 6.38. The van der Waals surface area contributed by atoms with Gasteiger partial charge in [-0.25, -0.2) is 0 Å². The highest BCUT2D eigenvalue weighted by Crippen LogP contribution is 2.29. The van der Waals surface area contributed by atoms with Gasteiger partial charge in [0.05, 0.1) is 20.8 Å². The number of aromatic nitrogens is 2. The smallest absolute Gasteiger partial charge is 0.131 e. The molecule has 1 aromatic heterocycles. The fourth-order valence-corrected chi connectivity index (χ4v) is 2.60. The summed E-state index contributed by atoms with van der Waals surface area (Å²) in [5, 5.41) is 13.5. The van der Waals surface area contributed by atoms with E-state index >= 15 is 0 Å². The zero-order valence-corrected chi connectivity index (χ0v) is 13.0. The molecule has 0 saturated carbocycles. The molecule has 0 aliphatic carbocycles. The molecular formula is C14H19N3O2S. The van der Waals surface area contributed by atoms with Crippen LogP contribution in [0.3, 0.4) is 0 Å². The van der Waals surface area contributed by atoms with Crippen LogP contribution in [0.2, 0.25) is 0 Å². The summed E-state index contributed by atoms with van der Waals surface area (Å²) >= 11 is 1.60. The van der Waals surface area contributed by atoms with Crippen LogP contribution in [0.25, 0.3) is 0 Å². The molecule has 0 unspecified atom stereocenters. The molecule has 6 heteroatoms. The van der Waals surface area contributed by atoms with E-state index in [1.54, 1.807) is 25.6 Å². The molecule has 0 amide bonds. The molecule has 2 rings (SSSR count). The van der Waals surface area contributed by atoms with Gasteiger partial charge in [0.25, 0.3) is 0 Å². The highest BCUT2D eigenvalue weighted by atomic mass is 32.1. The lowest BCUT2D eigenvalue weighted by Gasteiger charge is -2.17. The number of nitrogens with one attached hydrogen (secondary N) is 1. The van der Waals surface area contributed by atoms with E-state index in [4.69, 9.17) is 9.47 Å². The fourth-order valence-electron chi connectivity index (χ4n) is 1.94. The Labute approximate surface area is 123 Å². The zero-order chi connectivity index (χ0) is 14.5. The van der Waals surface area contributed by atoms with Crippen LogP contribution in [0.4, 0.5) is 0 Å². The average Bonchev–Trinajstić information content (AvgIpc) is 2.89. The molecule has 0 radical (unpaired) electrons. The Morgan fingerprint density at radius 3 is 2.65 bits per heavy atom. The number of hydrogen-bond donors (Lipinski definition) is 1. The molecule has 0 bridgehead atoms. The molecule has 1 atom stereocenters. The zero-order valence-electron chi connectivity index (χ0n) is 12.1. The lowest BCUT2D eigenvalue weighted by atomic mass is 10.1. The van der Waals surface area contributed by atoms with E-state index in [1.165, 1.54) is 0 Å². The monoisotopic (exact) mass is 293 g/mol. The molecule has 1 N–H and O–H groups in total. The van der Waals surface area contributed by atoms with Gasteiger partial charge in [-0.15, -0.1) is 21.5 Å².